The Bertz CT molecular complexity index is 1270. The number of hydrogen-bond donors (Lipinski definition) is 1. The molecule has 2 heterocycles. The van der Waals surface area contributed by atoms with Gasteiger partial charge in [-0.3, -0.25) is 0 Å². The molecule has 0 aromatic rings. The standard InChI is InChI=1S/C33H36O8/c34-28-26(29(35)39-32(38-28)22-10-18-8-19(12-22)13-23(32)11-18)6-4-2-1-3-5-7-27-30(36)40-33(41-31(27)37)24-14-20-9-21(16-24)17-25(33)15-20/h1-7,18-25,34H,8-17H2/b2-1+,5-3+,6-4+,27-7?. The van der Waals surface area contributed by atoms with Gasteiger partial charge in [0, 0.05) is 23.7 Å². The van der Waals surface area contributed by atoms with E-state index in [1.807, 2.05) is 0 Å². The Balaban J connectivity index is 0.899. The van der Waals surface area contributed by atoms with Crippen molar-refractivity contribution in [1.29, 1.82) is 0 Å². The highest BCUT2D eigenvalue weighted by atomic mass is 16.8. The van der Waals surface area contributed by atoms with Gasteiger partial charge in [-0.25, -0.2) is 14.4 Å². The quantitative estimate of drug-likeness (QED) is 0.213. The number of allylic oxidation sites excluding steroid dienone is 6. The van der Waals surface area contributed by atoms with Gasteiger partial charge in [-0.2, -0.15) is 0 Å². The van der Waals surface area contributed by atoms with Gasteiger partial charge in [-0.1, -0.05) is 30.4 Å². The second-order valence-corrected chi connectivity index (χ2v) is 13.8. The second kappa shape index (κ2) is 9.10. The van der Waals surface area contributed by atoms with Crippen molar-refractivity contribution in [1.82, 2.24) is 0 Å². The van der Waals surface area contributed by atoms with Crippen molar-refractivity contribution < 1.29 is 38.4 Å². The topological polar surface area (TPSA) is 108 Å². The predicted molar refractivity (Wildman–Crippen MR) is 144 cm³/mol. The summed E-state index contributed by atoms with van der Waals surface area (Å²) in [6, 6.07) is 0. The van der Waals surface area contributed by atoms with E-state index in [0.29, 0.717) is 23.7 Å². The number of carbonyl (C=O) groups excluding carboxylic acids is 3. The molecule has 41 heavy (non-hydrogen) atoms. The molecule has 0 aromatic carbocycles. The fourth-order valence-corrected chi connectivity index (χ4v) is 10.1. The Kier molecular flexibility index (Phi) is 5.64. The van der Waals surface area contributed by atoms with Crippen molar-refractivity contribution >= 4 is 17.9 Å². The maximum absolute atomic E-state index is 12.9. The van der Waals surface area contributed by atoms with E-state index in [1.54, 1.807) is 30.4 Å². The lowest BCUT2D eigenvalue weighted by molar-refractivity contribution is -0.325. The van der Waals surface area contributed by atoms with Gasteiger partial charge in [-0.15, -0.1) is 0 Å². The molecule has 8 aliphatic carbocycles. The first-order chi connectivity index (χ1) is 19.8. The molecule has 8 nitrogen and oxygen atoms in total. The van der Waals surface area contributed by atoms with E-state index in [1.165, 1.54) is 25.0 Å². The first kappa shape index (κ1) is 25.4. The van der Waals surface area contributed by atoms with Gasteiger partial charge in [0.2, 0.25) is 0 Å². The van der Waals surface area contributed by atoms with Crippen LogP contribution in [0.3, 0.4) is 0 Å². The van der Waals surface area contributed by atoms with E-state index >= 15 is 0 Å². The highest BCUT2D eigenvalue weighted by molar-refractivity contribution is 6.15. The van der Waals surface area contributed by atoms with E-state index in [-0.39, 0.29) is 40.8 Å². The third-order valence-electron chi connectivity index (χ3n) is 11.4. The zero-order chi connectivity index (χ0) is 27.9. The number of rotatable bonds is 4. The predicted octanol–water partition coefficient (Wildman–Crippen LogP) is 5.33. The maximum atomic E-state index is 12.9. The summed E-state index contributed by atoms with van der Waals surface area (Å²) < 4.78 is 23.7. The number of hydrogen-bond acceptors (Lipinski definition) is 8. The lowest BCUT2D eigenvalue weighted by Crippen LogP contribution is -2.63. The molecule has 8 bridgehead atoms. The molecule has 2 spiro atoms. The SMILES string of the molecule is O=C1OC2(OC(=O)C1=C/C=C/C=C/C=C/C1=C(O)OC3(OC1=O)C1CC4CC(C1)CC3C4)C1CC3CC(C1)CC2C3. The van der Waals surface area contributed by atoms with Crippen molar-refractivity contribution in [2.45, 2.75) is 75.8 Å². The van der Waals surface area contributed by atoms with Crippen LogP contribution in [0, 0.1) is 47.3 Å². The zero-order valence-electron chi connectivity index (χ0n) is 23.0. The summed E-state index contributed by atoms with van der Waals surface area (Å²) in [6.07, 6.45) is 21.4. The minimum Gasteiger partial charge on any atom is -0.480 e. The molecule has 2 aliphatic heterocycles. The summed E-state index contributed by atoms with van der Waals surface area (Å²) in [5.41, 5.74) is -0.118. The van der Waals surface area contributed by atoms with Gasteiger partial charge in [0.05, 0.1) is 0 Å². The van der Waals surface area contributed by atoms with E-state index in [9.17, 15) is 19.5 Å². The van der Waals surface area contributed by atoms with Crippen molar-refractivity contribution in [2.75, 3.05) is 0 Å². The Morgan fingerprint density at radius 3 is 1.44 bits per heavy atom. The molecule has 0 aromatic heterocycles. The fourth-order valence-electron chi connectivity index (χ4n) is 10.1. The molecule has 0 radical (unpaired) electrons. The summed E-state index contributed by atoms with van der Waals surface area (Å²) in [6.45, 7) is 0. The molecule has 216 valence electrons. The van der Waals surface area contributed by atoms with E-state index in [2.05, 4.69) is 0 Å². The summed E-state index contributed by atoms with van der Waals surface area (Å²) >= 11 is 0. The molecule has 0 amide bonds. The number of carbonyl (C=O) groups is 3. The molecular formula is C33H36O8. The summed E-state index contributed by atoms with van der Waals surface area (Å²) in [4.78, 5) is 38.6. The summed E-state index contributed by atoms with van der Waals surface area (Å²) in [5.74, 6) is -1.05. The highest BCUT2D eigenvalue weighted by Crippen LogP contribution is 2.62. The van der Waals surface area contributed by atoms with Crippen LogP contribution in [0.4, 0.5) is 0 Å². The van der Waals surface area contributed by atoms with Crippen molar-refractivity contribution in [3.8, 4) is 0 Å². The maximum Gasteiger partial charge on any atom is 0.348 e. The van der Waals surface area contributed by atoms with E-state index < -0.39 is 29.5 Å². The van der Waals surface area contributed by atoms with Crippen molar-refractivity contribution in [3.63, 3.8) is 0 Å². The van der Waals surface area contributed by atoms with Crippen LogP contribution in [0.15, 0.2) is 59.6 Å². The molecule has 10 rings (SSSR count). The molecule has 0 unspecified atom stereocenters. The number of aliphatic hydroxyl groups is 1. The minimum absolute atomic E-state index is 0.00779. The summed E-state index contributed by atoms with van der Waals surface area (Å²) in [5, 5.41) is 10.7. The van der Waals surface area contributed by atoms with E-state index in [4.69, 9.17) is 18.9 Å². The Morgan fingerprint density at radius 2 is 0.951 bits per heavy atom. The first-order valence-corrected chi connectivity index (χ1v) is 15.4. The van der Waals surface area contributed by atoms with Crippen LogP contribution in [0.1, 0.15) is 64.2 Å². The fraction of sp³-hybridized carbons (Fsp3) is 0.606. The van der Waals surface area contributed by atoms with E-state index in [0.717, 1.165) is 51.4 Å². The molecular weight excluding hydrogens is 524 g/mol. The molecule has 0 atom stereocenters. The zero-order valence-corrected chi connectivity index (χ0v) is 23.0. The molecule has 1 N–H and O–H groups in total. The van der Waals surface area contributed by atoms with Crippen LogP contribution in [-0.2, 0) is 33.3 Å². The average Bonchev–Trinajstić information content (AvgIpc) is 2.91. The van der Waals surface area contributed by atoms with Crippen LogP contribution >= 0.6 is 0 Å². The van der Waals surface area contributed by atoms with Gasteiger partial charge in [0.1, 0.15) is 11.1 Å². The lowest BCUT2D eigenvalue weighted by atomic mass is 9.53. The number of ether oxygens (including phenoxy) is 4. The van der Waals surface area contributed by atoms with Crippen LogP contribution in [0.5, 0.6) is 0 Å². The Hall–Kier alpha value is -3.29. The normalized spacial score (nSPS) is 45.9. The van der Waals surface area contributed by atoms with Gasteiger partial charge in [0.25, 0.3) is 17.5 Å². The Morgan fingerprint density at radius 1 is 0.537 bits per heavy atom. The van der Waals surface area contributed by atoms with Crippen molar-refractivity contribution in [2.24, 2.45) is 47.3 Å². The van der Waals surface area contributed by atoms with Gasteiger partial charge in [0.15, 0.2) is 0 Å². The van der Waals surface area contributed by atoms with Crippen LogP contribution in [-0.4, -0.2) is 34.6 Å². The van der Waals surface area contributed by atoms with Crippen molar-refractivity contribution in [3.05, 3.63) is 59.6 Å². The highest BCUT2D eigenvalue weighted by Gasteiger charge is 2.65. The third-order valence-corrected chi connectivity index (χ3v) is 11.4. The Labute approximate surface area is 239 Å². The second-order valence-electron chi connectivity index (χ2n) is 13.8. The van der Waals surface area contributed by atoms with Crippen LogP contribution < -0.4 is 0 Å². The van der Waals surface area contributed by atoms with Gasteiger partial charge in [-0.05, 0) is 100 Å². The monoisotopic (exact) mass is 560 g/mol. The lowest BCUT2D eigenvalue weighted by Gasteiger charge is -2.59. The largest absolute Gasteiger partial charge is 0.480 e. The van der Waals surface area contributed by atoms with Crippen LogP contribution in [0.2, 0.25) is 0 Å². The van der Waals surface area contributed by atoms with Gasteiger partial charge < -0.3 is 24.1 Å². The molecule has 8 heteroatoms. The molecule has 9 fully saturated rings. The smallest absolute Gasteiger partial charge is 0.348 e. The third kappa shape index (κ3) is 3.88. The molecule has 8 saturated carbocycles. The van der Waals surface area contributed by atoms with Gasteiger partial charge >= 0.3 is 17.9 Å². The minimum atomic E-state index is -1.08. The number of esters is 3. The first-order valence-electron chi connectivity index (χ1n) is 15.4. The molecule has 1 saturated heterocycles. The average molecular weight is 561 g/mol. The van der Waals surface area contributed by atoms with Crippen LogP contribution in [0.25, 0.3) is 0 Å². The number of aliphatic hydroxyl groups excluding tert-OH is 1. The molecule has 10 aliphatic rings. The summed E-state index contributed by atoms with van der Waals surface area (Å²) in [7, 11) is 0.